The van der Waals surface area contributed by atoms with E-state index in [0.29, 0.717) is 29.3 Å². The molecule has 2 aromatic rings. The Morgan fingerprint density at radius 1 is 0.939 bits per heavy atom. The third-order valence-electron chi connectivity index (χ3n) is 6.02. The molecule has 1 atom stereocenters. The maximum Gasteiger partial charge on any atom is 0.251 e. The lowest BCUT2D eigenvalue weighted by Gasteiger charge is -2.22. The molecule has 1 aliphatic rings. The van der Waals surface area contributed by atoms with Crippen LogP contribution in [-0.2, 0) is 9.53 Å². The second-order valence-electron chi connectivity index (χ2n) is 8.67. The molecule has 1 amide bonds. The summed E-state index contributed by atoms with van der Waals surface area (Å²) in [5, 5.41) is 3.01. The quantitative estimate of drug-likeness (QED) is 0.259. The van der Waals surface area contributed by atoms with Crippen LogP contribution in [0.3, 0.4) is 0 Å². The minimum absolute atomic E-state index is 0.112. The fourth-order valence-electron chi connectivity index (χ4n) is 4.07. The summed E-state index contributed by atoms with van der Waals surface area (Å²) in [6, 6.07) is 14.7. The largest absolute Gasteiger partial charge is 0.461 e. The van der Waals surface area contributed by atoms with Crippen LogP contribution in [0.25, 0.3) is 0 Å². The van der Waals surface area contributed by atoms with Crippen molar-refractivity contribution in [1.29, 1.82) is 0 Å². The van der Waals surface area contributed by atoms with Gasteiger partial charge in [0.1, 0.15) is 0 Å². The first kappa shape index (κ1) is 24.7. The first-order valence-electron chi connectivity index (χ1n) is 12.4. The zero-order valence-electron chi connectivity index (χ0n) is 19.7. The van der Waals surface area contributed by atoms with E-state index in [4.69, 9.17) is 4.74 Å². The molecular weight excluding hydrogens is 412 g/mol. The monoisotopic (exact) mass is 448 g/mol. The number of nitrogens with one attached hydrogen (secondary N) is 1. The zero-order valence-corrected chi connectivity index (χ0v) is 19.7. The summed E-state index contributed by atoms with van der Waals surface area (Å²) in [6.45, 7) is 2.92. The van der Waals surface area contributed by atoms with Crippen LogP contribution >= 0.6 is 0 Å². The Morgan fingerprint density at radius 2 is 1.61 bits per heavy atom. The number of benzene rings is 2. The number of hydrogen-bond donors (Lipinski definition) is 1. The molecule has 33 heavy (non-hydrogen) atoms. The number of fused-ring (bicyclic) bond motifs is 1. The Hall–Kier alpha value is -2.95. The van der Waals surface area contributed by atoms with Gasteiger partial charge in [0.15, 0.2) is 12.4 Å². The van der Waals surface area contributed by atoms with Crippen LogP contribution in [0.2, 0.25) is 0 Å². The lowest BCUT2D eigenvalue weighted by Crippen LogP contribution is -2.25. The molecule has 0 fully saturated rings. The van der Waals surface area contributed by atoms with Gasteiger partial charge in [-0.25, -0.2) is 4.99 Å². The highest BCUT2D eigenvalue weighted by Crippen LogP contribution is 2.34. The minimum atomic E-state index is -0.725. The van der Waals surface area contributed by atoms with Crippen molar-refractivity contribution in [2.45, 2.75) is 77.2 Å². The van der Waals surface area contributed by atoms with Crippen molar-refractivity contribution in [3.63, 3.8) is 0 Å². The van der Waals surface area contributed by atoms with Crippen LogP contribution in [0.15, 0.2) is 53.5 Å². The topological polar surface area (TPSA) is 67.8 Å². The van der Waals surface area contributed by atoms with Gasteiger partial charge in [0, 0.05) is 23.2 Å². The summed E-state index contributed by atoms with van der Waals surface area (Å²) < 4.78 is 5.77. The van der Waals surface area contributed by atoms with E-state index in [-0.39, 0.29) is 5.91 Å². The maximum atomic E-state index is 12.6. The first-order chi connectivity index (χ1) is 16.2. The number of carbonyl (C=O) groups is 2. The van der Waals surface area contributed by atoms with E-state index in [9.17, 15) is 9.59 Å². The van der Waals surface area contributed by atoms with Crippen molar-refractivity contribution in [2.75, 3.05) is 6.54 Å². The molecule has 3 rings (SSSR count). The van der Waals surface area contributed by atoms with Crippen molar-refractivity contribution >= 4 is 23.8 Å². The van der Waals surface area contributed by atoms with Crippen molar-refractivity contribution in [1.82, 2.24) is 5.32 Å². The number of nitrogens with zero attached hydrogens (tertiary/aromatic N) is 1. The molecule has 1 N–H and O–H groups in total. The van der Waals surface area contributed by atoms with Gasteiger partial charge in [-0.3, -0.25) is 9.59 Å². The van der Waals surface area contributed by atoms with E-state index >= 15 is 0 Å². The van der Waals surface area contributed by atoms with E-state index < -0.39 is 6.10 Å². The van der Waals surface area contributed by atoms with Crippen LogP contribution in [0.5, 0.6) is 0 Å². The van der Waals surface area contributed by atoms with E-state index in [0.717, 1.165) is 24.7 Å². The number of rotatable bonds is 14. The van der Waals surface area contributed by atoms with E-state index in [2.05, 4.69) is 17.2 Å². The third-order valence-corrected chi connectivity index (χ3v) is 6.02. The van der Waals surface area contributed by atoms with Crippen LogP contribution in [0.1, 0.15) is 98.7 Å². The third kappa shape index (κ3) is 7.55. The van der Waals surface area contributed by atoms with Crippen LogP contribution in [0, 0.1) is 0 Å². The Balaban J connectivity index is 1.47. The number of carbonyl (C=O) groups excluding carboxylic acids is 2. The molecular formula is C28H36N2O3. The van der Waals surface area contributed by atoms with Gasteiger partial charge >= 0.3 is 0 Å². The predicted octanol–water partition coefficient (Wildman–Crippen LogP) is 6.69. The average Bonchev–Trinajstić information content (AvgIpc) is 2.86. The molecule has 0 bridgehead atoms. The number of amides is 1. The van der Waals surface area contributed by atoms with Gasteiger partial charge in [-0.15, -0.1) is 0 Å². The van der Waals surface area contributed by atoms with Crippen molar-refractivity contribution in [3.05, 3.63) is 65.2 Å². The summed E-state index contributed by atoms with van der Waals surface area (Å²) in [5.41, 5.74) is 2.62. The van der Waals surface area contributed by atoms with E-state index in [1.807, 2.05) is 30.3 Å². The Bertz CT molecular complexity index is 924. The smallest absolute Gasteiger partial charge is 0.251 e. The Kier molecular flexibility index (Phi) is 10.1. The predicted molar refractivity (Wildman–Crippen MR) is 133 cm³/mol. The van der Waals surface area contributed by atoms with E-state index in [1.54, 1.807) is 18.2 Å². The maximum absolute atomic E-state index is 12.6. The first-order valence-corrected chi connectivity index (χ1v) is 12.4. The lowest BCUT2D eigenvalue weighted by molar-refractivity contribution is -0.114. The zero-order chi connectivity index (χ0) is 23.3. The molecule has 0 aromatic heterocycles. The normalized spacial score (nSPS) is 14.7. The summed E-state index contributed by atoms with van der Waals surface area (Å²) in [4.78, 5) is 28.8. The second kappa shape index (κ2) is 13.6. The SMILES string of the molecule is CCCCCCCCCCCCNC(=O)c1ccc2c(c1)N=C(c1ccccc1)OC2C=O. The van der Waals surface area contributed by atoms with Gasteiger partial charge in [0.25, 0.3) is 5.91 Å². The van der Waals surface area contributed by atoms with Gasteiger partial charge < -0.3 is 10.1 Å². The highest BCUT2D eigenvalue weighted by molar-refractivity contribution is 6.00. The van der Waals surface area contributed by atoms with Gasteiger partial charge in [-0.05, 0) is 30.7 Å². The number of ether oxygens (including phenoxy) is 1. The summed E-state index contributed by atoms with van der Waals surface area (Å²) in [5.74, 6) is 0.280. The second-order valence-corrected chi connectivity index (χ2v) is 8.67. The average molecular weight is 449 g/mol. The standard InChI is InChI=1S/C28H36N2O3/c1-2-3-4-5-6-7-8-9-10-14-19-29-27(32)23-17-18-24-25(20-23)30-28(33-26(24)21-31)22-15-12-11-13-16-22/h11-13,15-18,20-21,26H,2-10,14,19H2,1H3,(H,29,32). The lowest BCUT2D eigenvalue weighted by atomic mass is 10.0. The van der Waals surface area contributed by atoms with Gasteiger partial charge in [-0.2, -0.15) is 0 Å². The van der Waals surface area contributed by atoms with Crippen LogP contribution < -0.4 is 5.32 Å². The van der Waals surface area contributed by atoms with E-state index in [1.165, 1.54) is 51.4 Å². The number of aliphatic imine (C=N–C) groups is 1. The minimum Gasteiger partial charge on any atom is -0.461 e. The van der Waals surface area contributed by atoms with Crippen LogP contribution in [0.4, 0.5) is 5.69 Å². The number of hydrogen-bond acceptors (Lipinski definition) is 4. The van der Waals surface area contributed by atoms with Gasteiger partial charge in [-0.1, -0.05) is 89.0 Å². The molecule has 1 unspecified atom stereocenters. The van der Waals surface area contributed by atoms with Gasteiger partial charge in [0.05, 0.1) is 5.69 Å². The summed E-state index contributed by atoms with van der Waals surface area (Å²) in [6.07, 6.45) is 12.7. The van der Waals surface area contributed by atoms with Crippen molar-refractivity contribution in [2.24, 2.45) is 4.99 Å². The highest BCUT2D eigenvalue weighted by Gasteiger charge is 2.25. The molecule has 0 saturated carbocycles. The molecule has 5 nitrogen and oxygen atoms in total. The molecule has 2 aromatic carbocycles. The van der Waals surface area contributed by atoms with Gasteiger partial charge in [0.2, 0.25) is 5.90 Å². The molecule has 0 spiro atoms. The molecule has 176 valence electrons. The van der Waals surface area contributed by atoms with Crippen LogP contribution in [-0.4, -0.2) is 24.6 Å². The molecule has 0 saturated heterocycles. The molecule has 1 heterocycles. The number of unbranched alkanes of at least 4 members (excludes halogenated alkanes) is 9. The summed E-state index contributed by atoms with van der Waals surface area (Å²) >= 11 is 0. The van der Waals surface area contributed by atoms with Crippen molar-refractivity contribution in [3.8, 4) is 0 Å². The van der Waals surface area contributed by atoms with Crippen molar-refractivity contribution < 1.29 is 14.3 Å². The Labute approximate surface area is 197 Å². The molecule has 5 heteroatoms. The molecule has 1 aliphatic heterocycles. The molecule has 0 aliphatic carbocycles. The fourth-order valence-corrected chi connectivity index (χ4v) is 4.07. The Morgan fingerprint density at radius 3 is 2.27 bits per heavy atom. The fraction of sp³-hybridized carbons (Fsp3) is 0.464. The number of aldehydes is 1. The highest BCUT2D eigenvalue weighted by atomic mass is 16.5. The molecule has 0 radical (unpaired) electrons. The summed E-state index contributed by atoms with van der Waals surface area (Å²) in [7, 11) is 0.